The summed E-state index contributed by atoms with van der Waals surface area (Å²) < 4.78 is 45.9. The topological polar surface area (TPSA) is 38.7 Å². The molecule has 0 bridgehead atoms. The van der Waals surface area contributed by atoms with Crippen LogP contribution in [0.15, 0.2) is 24.3 Å². The normalized spacial score (nSPS) is 15.1. The monoisotopic (exact) mass is 278 g/mol. The van der Waals surface area contributed by atoms with Gasteiger partial charge < -0.3 is 14.6 Å². The van der Waals surface area contributed by atoms with E-state index in [2.05, 4.69) is 4.74 Å². The molecule has 1 N–H and O–H groups in total. The van der Waals surface area contributed by atoms with E-state index in [0.29, 0.717) is 6.42 Å². The molecule has 0 aliphatic rings. The van der Waals surface area contributed by atoms with Gasteiger partial charge in [0.2, 0.25) is 0 Å². The van der Waals surface area contributed by atoms with Gasteiger partial charge in [-0.2, -0.15) is 0 Å². The standard InChI is InChI=1S/C13H17F3O3/c1-3-6-11(18-2)12(17)9-7-4-5-8-10(9)19-13(14,15)16/h4-5,7-8,11-12,17H,3,6H2,1-2H3. The van der Waals surface area contributed by atoms with Gasteiger partial charge in [-0.15, -0.1) is 13.2 Å². The van der Waals surface area contributed by atoms with E-state index in [1.807, 2.05) is 6.92 Å². The van der Waals surface area contributed by atoms with E-state index >= 15 is 0 Å². The summed E-state index contributed by atoms with van der Waals surface area (Å²) in [7, 11) is 1.41. The summed E-state index contributed by atoms with van der Waals surface area (Å²) >= 11 is 0. The summed E-state index contributed by atoms with van der Waals surface area (Å²) in [6.45, 7) is 1.90. The third-order valence-electron chi connectivity index (χ3n) is 2.69. The second-order valence-corrected chi connectivity index (χ2v) is 4.09. The van der Waals surface area contributed by atoms with E-state index in [4.69, 9.17) is 4.74 Å². The maximum atomic E-state index is 12.3. The van der Waals surface area contributed by atoms with Crippen molar-refractivity contribution in [3.8, 4) is 5.75 Å². The molecule has 2 atom stereocenters. The Balaban J connectivity index is 2.98. The minimum absolute atomic E-state index is 0.0696. The molecule has 19 heavy (non-hydrogen) atoms. The first-order valence-corrected chi connectivity index (χ1v) is 5.94. The van der Waals surface area contributed by atoms with E-state index in [1.54, 1.807) is 6.07 Å². The molecule has 0 aliphatic heterocycles. The van der Waals surface area contributed by atoms with E-state index < -0.39 is 24.3 Å². The second kappa shape index (κ2) is 6.77. The van der Waals surface area contributed by atoms with Gasteiger partial charge in [-0.3, -0.25) is 0 Å². The lowest BCUT2D eigenvalue weighted by molar-refractivity contribution is -0.275. The minimum atomic E-state index is -4.79. The van der Waals surface area contributed by atoms with Crippen molar-refractivity contribution in [3.63, 3.8) is 0 Å². The van der Waals surface area contributed by atoms with Crippen LogP contribution in [-0.2, 0) is 4.74 Å². The molecule has 1 rings (SSSR count). The quantitative estimate of drug-likeness (QED) is 0.866. The number of rotatable bonds is 6. The van der Waals surface area contributed by atoms with Crippen molar-refractivity contribution in [2.24, 2.45) is 0 Å². The van der Waals surface area contributed by atoms with Crippen LogP contribution in [0.3, 0.4) is 0 Å². The number of alkyl halides is 3. The predicted molar refractivity (Wildman–Crippen MR) is 63.8 cm³/mol. The fraction of sp³-hybridized carbons (Fsp3) is 0.538. The number of hydrogen-bond donors (Lipinski definition) is 1. The van der Waals surface area contributed by atoms with Gasteiger partial charge in [0.05, 0.1) is 6.10 Å². The van der Waals surface area contributed by atoms with Crippen molar-refractivity contribution < 1.29 is 27.8 Å². The number of aliphatic hydroxyl groups excluding tert-OH is 1. The highest BCUT2D eigenvalue weighted by Gasteiger charge is 2.33. The zero-order chi connectivity index (χ0) is 14.5. The van der Waals surface area contributed by atoms with Gasteiger partial charge in [0.1, 0.15) is 11.9 Å². The third-order valence-corrected chi connectivity index (χ3v) is 2.69. The highest BCUT2D eigenvalue weighted by atomic mass is 19.4. The summed E-state index contributed by atoms with van der Waals surface area (Å²) in [4.78, 5) is 0. The van der Waals surface area contributed by atoms with E-state index in [0.717, 1.165) is 6.42 Å². The summed E-state index contributed by atoms with van der Waals surface area (Å²) in [6.07, 6.45) is -5.23. The van der Waals surface area contributed by atoms with Gasteiger partial charge in [-0.1, -0.05) is 31.5 Å². The molecule has 3 nitrogen and oxygen atoms in total. The largest absolute Gasteiger partial charge is 0.573 e. The van der Waals surface area contributed by atoms with Crippen LogP contribution in [0.1, 0.15) is 31.4 Å². The number of benzene rings is 1. The van der Waals surface area contributed by atoms with Crippen molar-refractivity contribution in [1.29, 1.82) is 0 Å². The Labute approximate surface area is 110 Å². The zero-order valence-corrected chi connectivity index (χ0v) is 10.8. The van der Waals surface area contributed by atoms with Crippen molar-refractivity contribution in [1.82, 2.24) is 0 Å². The molecule has 0 spiro atoms. The van der Waals surface area contributed by atoms with Crippen LogP contribution in [0.2, 0.25) is 0 Å². The number of para-hydroxylation sites is 1. The van der Waals surface area contributed by atoms with Gasteiger partial charge in [-0.05, 0) is 12.5 Å². The second-order valence-electron chi connectivity index (χ2n) is 4.09. The number of halogens is 3. The Hall–Kier alpha value is -1.27. The maximum Gasteiger partial charge on any atom is 0.573 e. The molecule has 0 aliphatic carbocycles. The summed E-state index contributed by atoms with van der Waals surface area (Å²) in [5.74, 6) is -0.402. The van der Waals surface area contributed by atoms with Gasteiger partial charge in [0, 0.05) is 12.7 Å². The molecule has 0 amide bonds. The van der Waals surface area contributed by atoms with Crippen LogP contribution in [-0.4, -0.2) is 24.7 Å². The highest BCUT2D eigenvalue weighted by Crippen LogP contribution is 2.33. The van der Waals surface area contributed by atoms with E-state index in [9.17, 15) is 18.3 Å². The maximum absolute atomic E-state index is 12.3. The number of ether oxygens (including phenoxy) is 2. The lowest BCUT2D eigenvalue weighted by atomic mass is 10.00. The van der Waals surface area contributed by atoms with Gasteiger partial charge >= 0.3 is 6.36 Å². The summed E-state index contributed by atoms with van der Waals surface area (Å²) in [5, 5.41) is 10.1. The molecule has 0 saturated carbocycles. The van der Waals surface area contributed by atoms with Crippen LogP contribution in [0, 0.1) is 0 Å². The predicted octanol–water partition coefficient (Wildman–Crippen LogP) is 3.43. The molecule has 0 heterocycles. The van der Waals surface area contributed by atoms with Gasteiger partial charge in [-0.25, -0.2) is 0 Å². The molecular weight excluding hydrogens is 261 g/mol. The van der Waals surface area contributed by atoms with Crippen LogP contribution in [0.5, 0.6) is 5.75 Å². The molecule has 0 saturated heterocycles. The fourth-order valence-electron chi connectivity index (χ4n) is 1.83. The number of methoxy groups -OCH3 is 1. The number of hydrogen-bond acceptors (Lipinski definition) is 3. The molecule has 0 aromatic heterocycles. The molecule has 2 unspecified atom stereocenters. The lowest BCUT2D eigenvalue weighted by Crippen LogP contribution is -2.23. The minimum Gasteiger partial charge on any atom is -0.405 e. The molecule has 108 valence electrons. The van der Waals surface area contributed by atoms with Gasteiger partial charge in [0.15, 0.2) is 0 Å². The molecule has 0 fully saturated rings. The zero-order valence-electron chi connectivity index (χ0n) is 10.8. The fourth-order valence-corrected chi connectivity index (χ4v) is 1.83. The molecule has 0 radical (unpaired) electrons. The SMILES string of the molecule is CCCC(OC)C(O)c1ccccc1OC(F)(F)F. The molecule has 1 aromatic carbocycles. The van der Waals surface area contributed by atoms with Crippen molar-refractivity contribution in [2.45, 2.75) is 38.3 Å². The average Bonchev–Trinajstić information content (AvgIpc) is 2.34. The van der Waals surface area contributed by atoms with Crippen LogP contribution in [0.4, 0.5) is 13.2 Å². The van der Waals surface area contributed by atoms with E-state index in [-0.39, 0.29) is 5.56 Å². The Morgan fingerprint density at radius 1 is 1.26 bits per heavy atom. The average molecular weight is 278 g/mol. The molecular formula is C13H17F3O3. The smallest absolute Gasteiger partial charge is 0.405 e. The Morgan fingerprint density at radius 3 is 2.42 bits per heavy atom. The van der Waals surface area contributed by atoms with E-state index in [1.165, 1.54) is 25.3 Å². The van der Waals surface area contributed by atoms with Crippen molar-refractivity contribution >= 4 is 0 Å². The van der Waals surface area contributed by atoms with Crippen molar-refractivity contribution in [2.75, 3.05) is 7.11 Å². The first-order chi connectivity index (χ1) is 8.89. The Kier molecular flexibility index (Phi) is 5.62. The van der Waals surface area contributed by atoms with Crippen LogP contribution < -0.4 is 4.74 Å². The van der Waals surface area contributed by atoms with Gasteiger partial charge in [0.25, 0.3) is 0 Å². The Bertz CT molecular complexity index is 393. The summed E-state index contributed by atoms with van der Waals surface area (Å²) in [6, 6.07) is 5.53. The first kappa shape index (κ1) is 15.8. The Morgan fingerprint density at radius 2 is 1.89 bits per heavy atom. The molecule has 6 heteroatoms. The van der Waals surface area contributed by atoms with Crippen molar-refractivity contribution in [3.05, 3.63) is 29.8 Å². The first-order valence-electron chi connectivity index (χ1n) is 5.94. The van der Waals surface area contributed by atoms with Crippen LogP contribution in [0.25, 0.3) is 0 Å². The molecule has 1 aromatic rings. The summed E-state index contributed by atoms with van der Waals surface area (Å²) in [5.41, 5.74) is 0.0696. The third kappa shape index (κ3) is 4.72. The number of aliphatic hydroxyl groups is 1. The lowest BCUT2D eigenvalue weighted by Gasteiger charge is -2.23. The van der Waals surface area contributed by atoms with Crippen LogP contribution >= 0.6 is 0 Å². The highest BCUT2D eigenvalue weighted by molar-refractivity contribution is 5.35.